The van der Waals surface area contributed by atoms with E-state index in [2.05, 4.69) is 20.2 Å². The number of halogens is 1. The van der Waals surface area contributed by atoms with Gasteiger partial charge in [0.1, 0.15) is 35.3 Å². The van der Waals surface area contributed by atoms with E-state index in [9.17, 15) is 14.0 Å². The van der Waals surface area contributed by atoms with Crippen molar-refractivity contribution in [2.75, 3.05) is 24.5 Å². The zero-order valence-electron chi connectivity index (χ0n) is 26.6. The molecule has 0 bridgehead atoms. The van der Waals surface area contributed by atoms with Crippen molar-refractivity contribution < 1.29 is 28.2 Å². The Balaban J connectivity index is 1.26. The summed E-state index contributed by atoms with van der Waals surface area (Å²) in [5.41, 5.74) is 1.22. The largest absolute Gasteiger partial charge is 0.490 e. The molecule has 45 heavy (non-hydrogen) atoms. The van der Waals surface area contributed by atoms with E-state index < -0.39 is 11.4 Å². The maximum absolute atomic E-state index is 14.3. The Bertz CT molecular complexity index is 1540. The number of piperidine rings is 1. The lowest BCUT2D eigenvalue weighted by molar-refractivity contribution is 0.0239. The molecule has 0 N–H and O–H groups in total. The number of rotatable bonds is 8. The maximum Gasteiger partial charge on any atom is 0.410 e. The van der Waals surface area contributed by atoms with E-state index >= 15 is 0 Å². The number of benzene rings is 1. The molecule has 2 aliphatic rings. The predicted octanol–water partition coefficient (Wildman–Crippen LogP) is 5.37. The van der Waals surface area contributed by atoms with Gasteiger partial charge in [-0.15, -0.1) is 10.2 Å². The molecule has 0 unspecified atom stereocenters. The number of carbonyl (C=O) groups excluding carboxylic acids is 2. The van der Waals surface area contributed by atoms with Gasteiger partial charge in [-0.1, -0.05) is 0 Å². The second kappa shape index (κ2) is 13.2. The molecule has 1 aromatic carbocycles. The van der Waals surface area contributed by atoms with E-state index in [-0.39, 0.29) is 41.3 Å². The van der Waals surface area contributed by atoms with Crippen molar-refractivity contribution in [1.82, 2.24) is 30.0 Å². The fraction of sp³-hybridized carbons (Fsp3) is 0.500. The number of hydrogen-bond acceptors (Lipinski definition) is 10. The van der Waals surface area contributed by atoms with Crippen molar-refractivity contribution >= 4 is 17.8 Å². The van der Waals surface area contributed by atoms with Crippen LogP contribution in [0, 0.1) is 5.82 Å². The van der Waals surface area contributed by atoms with Crippen LogP contribution < -0.4 is 14.4 Å². The molecule has 0 radical (unpaired) electrons. The Morgan fingerprint density at radius 3 is 2.53 bits per heavy atom. The topological polar surface area (TPSA) is 123 Å². The van der Waals surface area contributed by atoms with Gasteiger partial charge < -0.3 is 24.0 Å². The molecule has 0 atom stereocenters. The molecule has 2 amide bonds. The lowest BCUT2D eigenvalue weighted by Gasteiger charge is -2.33. The Kier molecular flexibility index (Phi) is 9.35. The molecule has 3 aromatic rings. The molecule has 12 nitrogen and oxygen atoms in total. The first kappa shape index (κ1) is 31.9. The molecular formula is C32H40FN7O5. The molecule has 0 aliphatic carbocycles. The molecule has 1 fully saturated rings. The molecule has 2 aromatic heterocycles. The Hall–Kier alpha value is -4.55. The van der Waals surface area contributed by atoms with Gasteiger partial charge in [0.2, 0.25) is 0 Å². The first-order valence-electron chi connectivity index (χ1n) is 15.3. The molecule has 2 aliphatic heterocycles. The van der Waals surface area contributed by atoms with E-state index in [1.807, 2.05) is 52.5 Å². The van der Waals surface area contributed by atoms with Crippen LogP contribution in [0.2, 0.25) is 0 Å². The van der Waals surface area contributed by atoms with Crippen molar-refractivity contribution in [3.63, 3.8) is 0 Å². The van der Waals surface area contributed by atoms with Crippen molar-refractivity contribution in [2.24, 2.45) is 0 Å². The highest BCUT2D eigenvalue weighted by molar-refractivity contribution is 5.97. The van der Waals surface area contributed by atoms with Gasteiger partial charge in [0.15, 0.2) is 5.82 Å². The summed E-state index contributed by atoms with van der Waals surface area (Å²) in [6, 6.07) is 5.61. The van der Waals surface area contributed by atoms with Gasteiger partial charge >= 0.3 is 6.09 Å². The summed E-state index contributed by atoms with van der Waals surface area (Å²) in [5.74, 6) is 0.611. The Morgan fingerprint density at radius 1 is 1.09 bits per heavy atom. The summed E-state index contributed by atoms with van der Waals surface area (Å²) in [6.07, 6.45) is 3.98. The highest BCUT2D eigenvalue weighted by Gasteiger charge is 2.32. The van der Waals surface area contributed by atoms with Gasteiger partial charge in [-0.05, 0) is 65.8 Å². The third-order valence-electron chi connectivity index (χ3n) is 7.65. The third kappa shape index (κ3) is 7.40. The summed E-state index contributed by atoms with van der Waals surface area (Å²) >= 11 is 0. The van der Waals surface area contributed by atoms with Crippen molar-refractivity contribution in [2.45, 2.75) is 85.2 Å². The van der Waals surface area contributed by atoms with Crippen LogP contribution in [-0.4, -0.2) is 79.3 Å². The Labute approximate surface area is 262 Å². The van der Waals surface area contributed by atoms with Crippen molar-refractivity contribution in [1.29, 1.82) is 0 Å². The van der Waals surface area contributed by atoms with Gasteiger partial charge in [0, 0.05) is 50.3 Å². The van der Waals surface area contributed by atoms with E-state index in [1.165, 1.54) is 24.5 Å². The quantitative estimate of drug-likeness (QED) is 0.325. The van der Waals surface area contributed by atoms with Gasteiger partial charge in [-0.3, -0.25) is 14.7 Å². The van der Waals surface area contributed by atoms with E-state index in [0.29, 0.717) is 57.1 Å². The molecule has 1 saturated heterocycles. The molecular weight excluding hydrogens is 581 g/mol. The number of aromatic nitrogens is 4. The van der Waals surface area contributed by atoms with Gasteiger partial charge in [0.25, 0.3) is 11.8 Å². The standard InChI is InChI=1S/C32H40FN7O5/c1-7-40(20(2)3)30(41)23-16-21(33)8-9-26(23)44-29-28(35-19-36-37-29)38-14-11-22(12-15-38)43-27-10-13-34-25-18-39(17-24(25)27)31(42)45-32(4,5)6/h8-10,13,16,19-20,22H,7,11-12,14-15,17-18H2,1-6H3. The number of nitrogens with zero attached hydrogens (tertiary/aromatic N) is 7. The van der Waals surface area contributed by atoms with Crippen LogP contribution in [-0.2, 0) is 17.8 Å². The van der Waals surface area contributed by atoms with Crippen LogP contribution in [0.15, 0.2) is 36.8 Å². The summed E-state index contributed by atoms with van der Waals surface area (Å²) in [6.45, 7) is 13.6. The number of fused-ring (bicyclic) bond motifs is 1. The summed E-state index contributed by atoms with van der Waals surface area (Å²) in [4.78, 5) is 40.2. The highest BCUT2D eigenvalue weighted by Crippen LogP contribution is 2.35. The lowest BCUT2D eigenvalue weighted by atomic mass is 10.1. The van der Waals surface area contributed by atoms with E-state index in [4.69, 9.17) is 14.2 Å². The maximum atomic E-state index is 14.3. The van der Waals surface area contributed by atoms with Crippen LogP contribution in [0.25, 0.3) is 0 Å². The lowest BCUT2D eigenvalue weighted by Crippen LogP contribution is -2.39. The number of hydrogen-bond donors (Lipinski definition) is 0. The van der Waals surface area contributed by atoms with Gasteiger partial charge in [-0.25, -0.2) is 14.2 Å². The minimum atomic E-state index is -0.584. The number of carbonyl (C=O) groups is 2. The Morgan fingerprint density at radius 2 is 1.84 bits per heavy atom. The first-order valence-corrected chi connectivity index (χ1v) is 15.3. The third-order valence-corrected chi connectivity index (χ3v) is 7.65. The van der Waals surface area contributed by atoms with Crippen LogP contribution in [0.4, 0.5) is 15.0 Å². The van der Waals surface area contributed by atoms with Crippen LogP contribution in [0.3, 0.4) is 0 Å². The fourth-order valence-corrected chi connectivity index (χ4v) is 5.48. The average molecular weight is 622 g/mol. The number of anilines is 1. The first-order chi connectivity index (χ1) is 21.4. The molecule has 240 valence electrons. The van der Waals surface area contributed by atoms with Crippen LogP contribution >= 0.6 is 0 Å². The zero-order valence-corrected chi connectivity index (χ0v) is 26.6. The summed E-state index contributed by atoms with van der Waals surface area (Å²) in [5, 5.41) is 8.07. The fourth-order valence-electron chi connectivity index (χ4n) is 5.48. The predicted molar refractivity (Wildman–Crippen MR) is 164 cm³/mol. The number of pyridine rings is 1. The van der Waals surface area contributed by atoms with E-state index in [1.54, 1.807) is 16.0 Å². The van der Waals surface area contributed by atoms with Crippen molar-refractivity contribution in [3.8, 4) is 17.4 Å². The smallest absolute Gasteiger partial charge is 0.410 e. The molecule has 0 saturated carbocycles. The second-order valence-corrected chi connectivity index (χ2v) is 12.4. The van der Waals surface area contributed by atoms with Gasteiger partial charge in [0.05, 0.1) is 24.3 Å². The average Bonchev–Trinajstić information content (AvgIpc) is 3.44. The highest BCUT2D eigenvalue weighted by atomic mass is 19.1. The SMILES string of the molecule is CCN(C(=O)c1cc(F)ccc1Oc1nncnc1N1CCC(Oc2ccnc3c2CN(C(=O)OC(C)(C)C)C3)CC1)C(C)C. The number of ether oxygens (including phenoxy) is 3. The second-order valence-electron chi connectivity index (χ2n) is 12.4. The molecule has 4 heterocycles. The van der Waals surface area contributed by atoms with Crippen LogP contribution in [0.5, 0.6) is 17.4 Å². The molecule has 13 heteroatoms. The number of amides is 2. The van der Waals surface area contributed by atoms with Gasteiger partial charge in [-0.2, -0.15) is 0 Å². The van der Waals surface area contributed by atoms with Crippen LogP contribution in [0.1, 0.15) is 76.0 Å². The normalized spacial score (nSPS) is 15.2. The molecule has 0 spiro atoms. The monoisotopic (exact) mass is 621 g/mol. The zero-order chi connectivity index (χ0) is 32.3. The minimum Gasteiger partial charge on any atom is -0.490 e. The minimum absolute atomic E-state index is 0.0696. The van der Waals surface area contributed by atoms with E-state index in [0.717, 1.165) is 11.3 Å². The summed E-state index contributed by atoms with van der Waals surface area (Å²) in [7, 11) is 0. The molecule has 5 rings (SSSR count). The summed E-state index contributed by atoms with van der Waals surface area (Å²) < 4.78 is 32.3. The van der Waals surface area contributed by atoms with Crippen molar-refractivity contribution in [3.05, 3.63) is 59.4 Å².